The summed E-state index contributed by atoms with van der Waals surface area (Å²) in [6.45, 7) is 4.01. The minimum Gasteiger partial charge on any atom is -0.497 e. The molecule has 1 heterocycles. The Balaban J connectivity index is 1.71. The summed E-state index contributed by atoms with van der Waals surface area (Å²) in [5, 5.41) is 11.8. The SMILES string of the molecule is CCC[C@H](NC(=O)[C@@H](C)Sc1nncn1-c1cccc(OC)c1)c1ccccc1. The summed E-state index contributed by atoms with van der Waals surface area (Å²) < 4.78 is 7.15. The van der Waals surface area contributed by atoms with Crippen molar-refractivity contribution in [1.82, 2.24) is 20.1 Å². The lowest BCUT2D eigenvalue weighted by molar-refractivity contribution is -0.121. The van der Waals surface area contributed by atoms with Crippen LogP contribution in [0, 0.1) is 0 Å². The fourth-order valence-electron chi connectivity index (χ4n) is 3.04. The van der Waals surface area contributed by atoms with E-state index in [9.17, 15) is 4.79 Å². The molecule has 0 unspecified atom stereocenters. The maximum Gasteiger partial charge on any atom is 0.233 e. The predicted molar refractivity (Wildman–Crippen MR) is 115 cm³/mol. The van der Waals surface area contributed by atoms with Gasteiger partial charge in [0.2, 0.25) is 5.91 Å². The van der Waals surface area contributed by atoms with Gasteiger partial charge in [0, 0.05) is 6.07 Å². The van der Waals surface area contributed by atoms with Gasteiger partial charge in [-0.25, -0.2) is 0 Å². The Labute approximate surface area is 175 Å². The lowest BCUT2D eigenvalue weighted by atomic mass is 10.0. The molecule has 0 saturated heterocycles. The molecule has 0 bridgehead atoms. The van der Waals surface area contributed by atoms with Gasteiger partial charge in [-0.1, -0.05) is 61.5 Å². The molecule has 152 valence electrons. The van der Waals surface area contributed by atoms with Crippen LogP contribution in [0.15, 0.2) is 66.1 Å². The number of hydrogen-bond acceptors (Lipinski definition) is 5. The fourth-order valence-corrected chi connectivity index (χ4v) is 3.89. The minimum absolute atomic E-state index is 0.00741. The van der Waals surface area contributed by atoms with E-state index in [0.29, 0.717) is 5.16 Å². The van der Waals surface area contributed by atoms with Crippen molar-refractivity contribution in [2.24, 2.45) is 0 Å². The zero-order valence-electron chi connectivity index (χ0n) is 16.9. The standard InChI is InChI=1S/C22H26N4O2S/c1-4-9-20(17-10-6-5-7-11-17)24-21(27)16(2)29-22-25-23-15-26(22)18-12-8-13-19(14-18)28-3/h5-8,10-16,20H,4,9H2,1-3H3,(H,24,27)/t16-,20+/m1/s1. The molecule has 0 aliphatic heterocycles. The van der Waals surface area contributed by atoms with Crippen molar-refractivity contribution in [1.29, 1.82) is 0 Å². The van der Waals surface area contributed by atoms with E-state index >= 15 is 0 Å². The molecule has 1 N–H and O–H groups in total. The number of aromatic nitrogens is 3. The number of nitrogens with one attached hydrogen (secondary N) is 1. The second kappa shape index (κ2) is 10.1. The largest absolute Gasteiger partial charge is 0.497 e. The van der Waals surface area contributed by atoms with Gasteiger partial charge in [-0.05, 0) is 31.0 Å². The number of ether oxygens (including phenoxy) is 1. The highest BCUT2D eigenvalue weighted by atomic mass is 32.2. The van der Waals surface area contributed by atoms with E-state index in [1.165, 1.54) is 11.8 Å². The van der Waals surface area contributed by atoms with E-state index in [2.05, 4.69) is 34.6 Å². The van der Waals surface area contributed by atoms with Gasteiger partial charge in [-0.2, -0.15) is 0 Å². The lowest BCUT2D eigenvalue weighted by Gasteiger charge is -2.21. The first-order valence-corrected chi connectivity index (χ1v) is 10.6. The Morgan fingerprint density at radius 1 is 1.21 bits per heavy atom. The summed E-state index contributed by atoms with van der Waals surface area (Å²) >= 11 is 1.39. The van der Waals surface area contributed by atoms with Gasteiger partial charge in [-0.3, -0.25) is 9.36 Å². The van der Waals surface area contributed by atoms with Crippen LogP contribution in [0.1, 0.15) is 38.3 Å². The van der Waals surface area contributed by atoms with E-state index < -0.39 is 0 Å². The van der Waals surface area contributed by atoms with Crippen LogP contribution in [-0.2, 0) is 4.79 Å². The number of hydrogen-bond donors (Lipinski definition) is 1. The van der Waals surface area contributed by atoms with Crippen LogP contribution in [0.4, 0.5) is 0 Å². The number of amides is 1. The molecule has 3 rings (SSSR count). The number of carbonyl (C=O) groups excluding carboxylic acids is 1. The fraction of sp³-hybridized carbons (Fsp3) is 0.318. The maximum absolute atomic E-state index is 12.9. The topological polar surface area (TPSA) is 69.0 Å². The Bertz CT molecular complexity index is 929. The monoisotopic (exact) mass is 410 g/mol. The Morgan fingerprint density at radius 2 is 2.00 bits per heavy atom. The molecule has 0 radical (unpaired) electrons. The molecule has 2 atom stereocenters. The lowest BCUT2D eigenvalue weighted by Crippen LogP contribution is -2.34. The average Bonchev–Trinajstić information content (AvgIpc) is 3.22. The van der Waals surface area contributed by atoms with Crippen molar-refractivity contribution in [2.45, 2.75) is 43.1 Å². The number of carbonyl (C=O) groups is 1. The molecule has 0 saturated carbocycles. The van der Waals surface area contributed by atoms with Crippen LogP contribution in [0.2, 0.25) is 0 Å². The molecule has 3 aromatic rings. The van der Waals surface area contributed by atoms with Crippen LogP contribution in [0.25, 0.3) is 5.69 Å². The van der Waals surface area contributed by atoms with E-state index in [1.54, 1.807) is 13.4 Å². The number of thioether (sulfide) groups is 1. The van der Waals surface area contributed by atoms with E-state index in [1.807, 2.05) is 54.0 Å². The molecule has 29 heavy (non-hydrogen) atoms. The van der Waals surface area contributed by atoms with Crippen molar-refractivity contribution in [3.63, 3.8) is 0 Å². The number of rotatable bonds is 9. The van der Waals surface area contributed by atoms with Crippen LogP contribution < -0.4 is 10.1 Å². The Kier molecular flexibility index (Phi) is 7.30. The van der Waals surface area contributed by atoms with Crippen LogP contribution in [-0.4, -0.2) is 33.0 Å². The van der Waals surface area contributed by atoms with Crippen LogP contribution in [0.5, 0.6) is 5.75 Å². The van der Waals surface area contributed by atoms with Crippen molar-refractivity contribution in [3.8, 4) is 11.4 Å². The Hall–Kier alpha value is -2.80. The van der Waals surface area contributed by atoms with Gasteiger partial charge in [0.25, 0.3) is 0 Å². The van der Waals surface area contributed by atoms with Crippen molar-refractivity contribution < 1.29 is 9.53 Å². The molecular weight excluding hydrogens is 384 g/mol. The normalized spacial score (nSPS) is 12.9. The highest BCUT2D eigenvalue weighted by molar-refractivity contribution is 8.00. The van der Waals surface area contributed by atoms with Gasteiger partial charge >= 0.3 is 0 Å². The summed E-state index contributed by atoms with van der Waals surface area (Å²) in [4.78, 5) is 12.9. The smallest absolute Gasteiger partial charge is 0.233 e. The molecule has 6 nitrogen and oxygen atoms in total. The van der Waals surface area contributed by atoms with Gasteiger partial charge in [-0.15, -0.1) is 10.2 Å². The van der Waals surface area contributed by atoms with Gasteiger partial charge in [0.15, 0.2) is 5.16 Å². The zero-order chi connectivity index (χ0) is 20.6. The first-order valence-electron chi connectivity index (χ1n) is 9.68. The predicted octanol–water partition coefficient (Wildman–Crippen LogP) is 4.41. The zero-order valence-corrected chi connectivity index (χ0v) is 17.7. The van der Waals surface area contributed by atoms with Gasteiger partial charge in [0.1, 0.15) is 12.1 Å². The summed E-state index contributed by atoms with van der Waals surface area (Å²) in [6.07, 6.45) is 3.53. The first-order chi connectivity index (χ1) is 14.1. The summed E-state index contributed by atoms with van der Waals surface area (Å²) in [5.41, 5.74) is 2.01. The molecule has 0 aliphatic carbocycles. The third-order valence-electron chi connectivity index (χ3n) is 4.60. The highest BCUT2D eigenvalue weighted by Gasteiger charge is 2.22. The second-order valence-corrected chi connectivity index (χ2v) is 8.01. The maximum atomic E-state index is 12.9. The number of methoxy groups -OCH3 is 1. The Morgan fingerprint density at radius 3 is 2.72 bits per heavy atom. The van der Waals surface area contributed by atoms with E-state index in [4.69, 9.17) is 4.74 Å². The summed E-state index contributed by atoms with van der Waals surface area (Å²) in [7, 11) is 1.63. The molecule has 2 aromatic carbocycles. The quantitative estimate of drug-likeness (QED) is 0.529. The van der Waals surface area contributed by atoms with Crippen molar-refractivity contribution in [2.75, 3.05) is 7.11 Å². The molecule has 0 fully saturated rings. The summed E-state index contributed by atoms with van der Waals surface area (Å²) in [5.74, 6) is 0.737. The summed E-state index contributed by atoms with van der Waals surface area (Å²) in [6, 6.07) is 17.7. The van der Waals surface area contributed by atoms with Crippen molar-refractivity contribution >= 4 is 17.7 Å². The minimum atomic E-state index is -0.313. The molecule has 1 aromatic heterocycles. The van der Waals surface area contributed by atoms with Crippen LogP contribution >= 0.6 is 11.8 Å². The van der Waals surface area contributed by atoms with Crippen LogP contribution in [0.3, 0.4) is 0 Å². The number of nitrogens with zero attached hydrogens (tertiary/aromatic N) is 3. The average molecular weight is 411 g/mol. The molecule has 0 aliphatic rings. The second-order valence-electron chi connectivity index (χ2n) is 6.71. The molecule has 0 spiro atoms. The van der Waals surface area contributed by atoms with Crippen molar-refractivity contribution in [3.05, 3.63) is 66.5 Å². The first kappa shape index (κ1) is 20.9. The highest BCUT2D eigenvalue weighted by Crippen LogP contribution is 2.26. The number of benzene rings is 2. The van der Waals surface area contributed by atoms with Gasteiger partial charge < -0.3 is 10.1 Å². The molecular formula is C22H26N4O2S. The molecule has 7 heteroatoms. The van der Waals surface area contributed by atoms with E-state index in [0.717, 1.165) is 29.8 Å². The third kappa shape index (κ3) is 5.38. The van der Waals surface area contributed by atoms with Gasteiger partial charge in [0.05, 0.1) is 24.1 Å². The third-order valence-corrected chi connectivity index (χ3v) is 5.65. The molecule has 1 amide bonds. The van der Waals surface area contributed by atoms with E-state index in [-0.39, 0.29) is 17.2 Å².